The highest BCUT2D eigenvalue weighted by atomic mass is 35.5. The van der Waals surface area contributed by atoms with Crippen molar-refractivity contribution in [3.05, 3.63) is 58.6 Å². The Hall–Kier alpha value is -1.95. The molecule has 0 saturated carbocycles. The first-order valence-corrected chi connectivity index (χ1v) is 9.87. The van der Waals surface area contributed by atoms with Crippen molar-refractivity contribution in [2.24, 2.45) is 0 Å². The largest absolute Gasteiger partial charge is 0.340 e. The van der Waals surface area contributed by atoms with Gasteiger partial charge in [-0.2, -0.15) is 0 Å². The predicted molar refractivity (Wildman–Crippen MR) is 110 cm³/mol. The number of anilines is 1. The number of aromatic nitrogens is 1. The normalized spacial score (nSPS) is 11.3. The van der Waals surface area contributed by atoms with Gasteiger partial charge in [-0.25, -0.2) is 4.98 Å². The predicted octanol–water partition coefficient (Wildman–Crippen LogP) is 3.44. The minimum Gasteiger partial charge on any atom is -0.340 e. The third-order valence-electron chi connectivity index (χ3n) is 4.14. The van der Waals surface area contributed by atoms with Gasteiger partial charge in [-0.15, -0.1) is 0 Å². The van der Waals surface area contributed by atoms with E-state index in [4.69, 9.17) is 16.6 Å². The maximum atomic E-state index is 13.1. The molecular formula is C20H23ClN3OS+. The minimum absolute atomic E-state index is 0.0583. The quantitative estimate of drug-likeness (QED) is 0.702. The molecule has 6 heteroatoms. The number of quaternary nitrogens is 1. The van der Waals surface area contributed by atoms with E-state index in [1.54, 1.807) is 40.5 Å². The molecule has 0 unspecified atom stereocenters. The molecule has 0 saturated heterocycles. The summed E-state index contributed by atoms with van der Waals surface area (Å²) < 4.78 is 1.10. The summed E-state index contributed by atoms with van der Waals surface area (Å²) in [5, 5.41) is 1.30. The number of carbonyl (C=O) groups is 1. The number of thiazole rings is 1. The SMILES string of the molecule is Cc1ccc2nc(N(CCC[NH+](C)C)C(=O)c3cccc(Cl)c3)sc2c1. The third-order valence-corrected chi connectivity index (χ3v) is 5.42. The monoisotopic (exact) mass is 388 g/mol. The molecule has 1 N–H and O–H groups in total. The van der Waals surface area contributed by atoms with Crippen LogP contribution in [0.2, 0.25) is 5.02 Å². The van der Waals surface area contributed by atoms with Gasteiger partial charge in [0.2, 0.25) is 0 Å². The highest BCUT2D eigenvalue weighted by Crippen LogP contribution is 2.30. The van der Waals surface area contributed by atoms with Crippen LogP contribution < -0.4 is 9.80 Å². The molecule has 0 aliphatic rings. The summed E-state index contributed by atoms with van der Waals surface area (Å²) in [6, 6.07) is 13.3. The van der Waals surface area contributed by atoms with Crippen LogP contribution in [0.1, 0.15) is 22.3 Å². The average Bonchev–Trinajstić information content (AvgIpc) is 3.00. The van der Waals surface area contributed by atoms with Crippen LogP contribution in [-0.4, -0.2) is 38.1 Å². The molecule has 0 aliphatic carbocycles. The summed E-state index contributed by atoms with van der Waals surface area (Å²) in [6.45, 7) is 3.69. The van der Waals surface area contributed by atoms with Crippen molar-refractivity contribution in [2.45, 2.75) is 13.3 Å². The van der Waals surface area contributed by atoms with Crippen molar-refractivity contribution in [2.75, 3.05) is 32.1 Å². The summed E-state index contributed by atoms with van der Waals surface area (Å²) >= 11 is 7.64. The van der Waals surface area contributed by atoms with Crippen LogP contribution in [0.5, 0.6) is 0 Å². The summed E-state index contributed by atoms with van der Waals surface area (Å²) in [4.78, 5) is 21.0. The molecule has 136 valence electrons. The van der Waals surface area contributed by atoms with Crippen LogP contribution in [0.4, 0.5) is 5.13 Å². The Morgan fingerprint density at radius 3 is 2.77 bits per heavy atom. The van der Waals surface area contributed by atoms with Crippen LogP contribution in [0.3, 0.4) is 0 Å². The van der Waals surface area contributed by atoms with E-state index in [1.165, 1.54) is 10.5 Å². The number of hydrogen-bond donors (Lipinski definition) is 1. The minimum atomic E-state index is -0.0583. The molecular weight excluding hydrogens is 366 g/mol. The number of aryl methyl sites for hydroxylation is 1. The maximum Gasteiger partial charge on any atom is 0.260 e. The third kappa shape index (κ3) is 4.41. The van der Waals surface area contributed by atoms with Gasteiger partial charge in [0.15, 0.2) is 5.13 Å². The summed E-state index contributed by atoms with van der Waals surface area (Å²) in [7, 11) is 4.23. The fourth-order valence-electron chi connectivity index (χ4n) is 2.79. The number of benzene rings is 2. The molecule has 4 nitrogen and oxygen atoms in total. The van der Waals surface area contributed by atoms with E-state index < -0.39 is 0 Å². The lowest BCUT2D eigenvalue weighted by Gasteiger charge is -2.20. The number of hydrogen-bond acceptors (Lipinski definition) is 3. The lowest BCUT2D eigenvalue weighted by molar-refractivity contribution is -0.858. The molecule has 1 aromatic heterocycles. The lowest BCUT2D eigenvalue weighted by Crippen LogP contribution is -3.05. The highest BCUT2D eigenvalue weighted by Gasteiger charge is 2.21. The summed E-state index contributed by atoms with van der Waals surface area (Å²) in [6.07, 6.45) is 0.906. The molecule has 3 rings (SSSR count). The van der Waals surface area contributed by atoms with Crippen molar-refractivity contribution in [3.63, 3.8) is 0 Å². The molecule has 0 fully saturated rings. The van der Waals surface area contributed by atoms with Crippen LogP contribution in [0.15, 0.2) is 42.5 Å². The average molecular weight is 389 g/mol. The van der Waals surface area contributed by atoms with E-state index in [9.17, 15) is 4.79 Å². The Bertz CT molecular complexity index is 922. The topological polar surface area (TPSA) is 37.6 Å². The van der Waals surface area contributed by atoms with Gasteiger partial charge < -0.3 is 4.90 Å². The zero-order valence-electron chi connectivity index (χ0n) is 15.3. The van der Waals surface area contributed by atoms with Crippen LogP contribution in [0.25, 0.3) is 10.2 Å². The molecule has 1 amide bonds. The fraction of sp³-hybridized carbons (Fsp3) is 0.300. The molecule has 2 aromatic carbocycles. The van der Waals surface area contributed by atoms with Crippen LogP contribution in [-0.2, 0) is 0 Å². The Labute approximate surface area is 163 Å². The van der Waals surface area contributed by atoms with Gasteiger partial charge in [0, 0.05) is 23.6 Å². The number of halogens is 1. The van der Waals surface area contributed by atoms with Gasteiger partial charge >= 0.3 is 0 Å². The Kier molecular flexibility index (Phi) is 5.91. The molecule has 0 radical (unpaired) electrons. The first-order valence-electron chi connectivity index (χ1n) is 8.67. The molecule has 0 atom stereocenters. The summed E-state index contributed by atoms with van der Waals surface area (Å²) in [5.41, 5.74) is 2.71. The van der Waals surface area contributed by atoms with Gasteiger partial charge in [-0.3, -0.25) is 9.69 Å². The van der Waals surface area contributed by atoms with Crippen molar-refractivity contribution >= 4 is 44.2 Å². The number of nitrogens with one attached hydrogen (secondary N) is 1. The molecule has 0 spiro atoms. The van der Waals surface area contributed by atoms with Crippen molar-refractivity contribution in [1.82, 2.24) is 4.98 Å². The van der Waals surface area contributed by atoms with E-state index in [1.807, 2.05) is 12.1 Å². The zero-order valence-corrected chi connectivity index (χ0v) is 16.8. The zero-order chi connectivity index (χ0) is 18.7. The Morgan fingerprint density at radius 1 is 1.23 bits per heavy atom. The Balaban J connectivity index is 1.94. The second-order valence-electron chi connectivity index (χ2n) is 6.75. The molecule has 1 heterocycles. The summed E-state index contributed by atoms with van der Waals surface area (Å²) in [5.74, 6) is -0.0583. The van der Waals surface area contributed by atoms with E-state index in [0.717, 1.165) is 28.3 Å². The van der Waals surface area contributed by atoms with Crippen molar-refractivity contribution in [3.8, 4) is 0 Å². The van der Waals surface area contributed by atoms with Crippen LogP contribution >= 0.6 is 22.9 Å². The lowest BCUT2D eigenvalue weighted by atomic mass is 10.2. The van der Waals surface area contributed by atoms with E-state index in [0.29, 0.717) is 17.1 Å². The maximum absolute atomic E-state index is 13.1. The Morgan fingerprint density at radius 2 is 2.04 bits per heavy atom. The van der Waals surface area contributed by atoms with E-state index >= 15 is 0 Å². The number of rotatable bonds is 6. The number of amides is 1. The van der Waals surface area contributed by atoms with Crippen molar-refractivity contribution in [1.29, 1.82) is 0 Å². The second-order valence-corrected chi connectivity index (χ2v) is 8.19. The van der Waals surface area contributed by atoms with Gasteiger partial charge in [-0.05, 0) is 42.8 Å². The van der Waals surface area contributed by atoms with Gasteiger partial charge in [0.1, 0.15) is 0 Å². The molecule has 3 aromatic rings. The van der Waals surface area contributed by atoms with Gasteiger partial charge in [0.05, 0.1) is 30.9 Å². The number of nitrogens with zero attached hydrogens (tertiary/aromatic N) is 2. The van der Waals surface area contributed by atoms with Gasteiger partial charge in [-0.1, -0.05) is 35.1 Å². The molecule has 0 bridgehead atoms. The number of carbonyl (C=O) groups excluding carboxylic acids is 1. The van der Waals surface area contributed by atoms with Gasteiger partial charge in [0.25, 0.3) is 5.91 Å². The second kappa shape index (κ2) is 8.16. The van der Waals surface area contributed by atoms with E-state index in [2.05, 4.69) is 27.1 Å². The standard InChI is InChI=1S/C20H22ClN3OS/c1-14-8-9-17-18(12-14)26-20(22-17)24(11-5-10-23(2)3)19(25)15-6-4-7-16(21)13-15/h4,6-9,12-13H,5,10-11H2,1-3H3/p+1. The first-order chi connectivity index (χ1) is 12.4. The molecule has 0 aliphatic heterocycles. The van der Waals surface area contributed by atoms with Crippen LogP contribution in [0, 0.1) is 6.92 Å². The first kappa shape index (κ1) is 18.8. The number of fused-ring (bicyclic) bond motifs is 1. The van der Waals surface area contributed by atoms with E-state index in [-0.39, 0.29) is 5.91 Å². The smallest absolute Gasteiger partial charge is 0.260 e. The highest BCUT2D eigenvalue weighted by molar-refractivity contribution is 7.22. The molecule has 26 heavy (non-hydrogen) atoms. The fourth-order valence-corrected chi connectivity index (χ4v) is 4.07. The van der Waals surface area contributed by atoms with Crippen molar-refractivity contribution < 1.29 is 9.69 Å².